The highest BCUT2D eigenvalue weighted by atomic mass is 32.2. The summed E-state index contributed by atoms with van der Waals surface area (Å²) < 4.78 is 48.6. The van der Waals surface area contributed by atoms with E-state index in [2.05, 4.69) is 4.98 Å². The van der Waals surface area contributed by atoms with Gasteiger partial charge in [0.2, 0.25) is 10.0 Å². The van der Waals surface area contributed by atoms with Gasteiger partial charge >= 0.3 is 5.97 Å². The van der Waals surface area contributed by atoms with Crippen LogP contribution in [0, 0.1) is 0 Å². The Morgan fingerprint density at radius 3 is 2.68 bits per heavy atom. The minimum atomic E-state index is -3.65. The second kappa shape index (κ2) is 10.0. The number of nitrogens with zero attached hydrogens (tertiary/aromatic N) is 3. The molecule has 0 spiro atoms. The highest BCUT2D eigenvalue weighted by Crippen LogP contribution is 2.32. The minimum Gasteiger partial charge on any atom is -0.465 e. The van der Waals surface area contributed by atoms with Crippen molar-refractivity contribution < 1.29 is 22.3 Å². The van der Waals surface area contributed by atoms with Crippen LogP contribution in [0.2, 0.25) is 0 Å². The molecule has 2 aromatic carbocycles. The van der Waals surface area contributed by atoms with Gasteiger partial charge < -0.3 is 15.0 Å². The number of aromatic nitrogens is 2. The first kappa shape index (κ1) is 24.1. The van der Waals surface area contributed by atoms with Crippen LogP contribution in [-0.4, -0.2) is 55.0 Å². The lowest BCUT2D eigenvalue weighted by atomic mass is 10.0. The normalized spacial score (nSPS) is 15.6. The van der Waals surface area contributed by atoms with Crippen LogP contribution < -0.4 is 5.73 Å². The fourth-order valence-electron chi connectivity index (χ4n) is 4.18. The van der Waals surface area contributed by atoms with Crippen molar-refractivity contribution in [1.29, 1.82) is 0 Å². The molecule has 0 aliphatic carbocycles. The molecule has 0 atom stereocenters. The van der Waals surface area contributed by atoms with E-state index in [0.717, 1.165) is 19.3 Å². The van der Waals surface area contributed by atoms with Crippen molar-refractivity contribution in [2.75, 3.05) is 26.7 Å². The summed E-state index contributed by atoms with van der Waals surface area (Å²) in [5.41, 5.74) is 7.81. The van der Waals surface area contributed by atoms with Gasteiger partial charge in [-0.05, 0) is 48.7 Å². The largest absolute Gasteiger partial charge is 0.465 e. The van der Waals surface area contributed by atoms with E-state index in [9.17, 15) is 17.6 Å². The first-order valence-corrected chi connectivity index (χ1v) is 12.5. The monoisotopic (exact) mass is 486 g/mol. The molecule has 180 valence electrons. The van der Waals surface area contributed by atoms with E-state index in [1.807, 2.05) is 0 Å². The molecule has 1 aliphatic heterocycles. The number of sulfonamides is 1. The first-order valence-electron chi connectivity index (χ1n) is 11.1. The summed E-state index contributed by atoms with van der Waals surface area (Å²) in [6.45, 7) is 0.971. The quantitative estimate of drug-likeness (QED) is 0.513. The Hall–Kier alpha value is -3.08. The third kappa shape index (κ3) is 4.75. The van der Waals surface area contributed by atoms with Gasteiger partial charge in [-0.3, -0.25) is 0 Å². The standard InChI is InChI=1S/C24H27FN4O4S/c1-33-24(30)18-13-21(23-22(14-18)28(16-27-23)15-19(25)8-9-26)17-6-5-7-20(12-17)34(31,32)29-10-3-2-4-11-29/h5-8,12-14,16H,2-4,9-11,15,26H2,1H3/b19-8-. The molecule has 0 amide bonds. The third-order valence-corrected chi connectivity index (χ3v) is 7.80. The van der Waals surface area contributed by atoms with Gasteiger partial charge in [0.05, 0.1) is 41.5 Å². The SMILES string of the molecule is COC(=O)c1cc(-c2cccc(S(=O)(=O)N3CCCCC3)c2)c2ncn(C/C(F)=C/CN)c2c1. The van der Waals surface area contributed by atoms with Gasteiger partial charge in [0.25, 0.3) is 0 Å². The van der Waals surface area contributed by atoms with Crippen molar-refractivity contribution in [3.63, 3.8) is 0 Å². The maximum absolute atomic E-state index is 14.2. The van der Waals surface area contributed by atoms with Crippen molar-refractivity contribution in [3.8, 4) is 11.1 Å². The molecule has 3 aromatic rings. The van der Waals surface area contributed by atoms with Crippen LogP contribution in [0.3, 0.4) is 0 Å². The van der Waals surface area contributed by atoms with Crippen molar-refractivity contribution in [2.45, 2.75) is 30.7 Å². The number of hydrogen-bond acceptors (Lipinski definition) is 6. The number of rotatable bonds is 7. The zero-order valence-corrected chi connectivity index (χ0v) is 19.7. The number of imidazole rings is 1. The summed E-state index contributed by atoms with van der Waals surface area (Å²) in [6.07, 6.45) is 5.45. The molecule has 0 saturated carbocycles. The topological polar surface area (TPSA) is 108 Å². The molecule has 2 heterocycles. The summed E-state index contributed by atoms with van der Waals surface area (Å²) in [6, 6.07) is 9.79. The van der Waals surface area contributed by atoms with Crippen LogP contribution in [0.25, 0.3) is 22.2 Å². The number of benzene rings is 2. The number of hydrogen-bond donors (Lipinski definition) is 1. The Bertz CT molecular complexity index is 1340. The minimum absolute atomic E-state index is 0.0649. The van der Waals surface area contributed by atoms with Gasteiger partial charge in [0, 0.05) is 25.2 Å². The molecular formula is C24H27FN4O4S. The second-order valence-electron chi connectivity index (χ2n) is 8.13. The van der Waals surface area contributed by atoms with Crippen molar-refractivity contribution in [3.05, 3.63) is 60.2 Å². The first-order chi connectivity index (χ1) is 16.3. The van der Waals surface area contributed by atoms with Gasteiger partial charge in [0.15, 0.2) is 0 Å². The Kier molecular flexibility index (Phi) is 7.11. The smallest absolute Gasteiger partial charge is 0.337 e. The number of piperidine rings is 1. The summed E-state index contributed by atoms with van der Waals surface area (Å²) >= 11 is 0. The van der Waals surface area contributed by atoms with Crippen LogP contribution in [0.4, 0.5) is 4.39 Å². The van der Waals surface area contributed by atoms with Gasteiger partial charge in [0.1, 0.15) is 5.83 Å². The molecule has 1 aliphatic rings. The summed E-state index contributed by atoms with van der Waals surface area (Å²) in [7, 11) is -2.37. The zero-order valence-electron chi connectivity index (χ0n) is 18.9. The molecule has 1 saturated heterocycles. The van der Waals surface area contributed by atoms with Gasteiger partial charge in [-0.1, -0.05) is 18.6 Å². The average Bonchev–Trinajstić information content (AvgIpc) is 3.26. The number of methoxy groups -OCH3 is 1. The Morgan fingerprint density at radius 1 is 1.21 bits per heavy atom. The lowest BCUT2D eigenvalue weighted by Gasteiger charge is -2.26. The molecule has 4 rings (SSSR count). The third-order valence-electron chi connectivity index (χ3n) is 5.91. The van der Waals surface area contributed by atoms with Crippen molar-refractivity contribution in [2.24, 2.45) is 5.73 Å². The lowest BCUT2D eigenvalue weighted by Crippen LogP contribution is -2.35. The molecule has 0 radical (unpaired) electrons. The van der Waals surface area contributed by atoms with Crippen LogP contribution in [0.5, 0.6) is 0 Å². The predicted octanol–water partition coefficient (Wildman–Crippen LogP) is 3.48. The van der Waals surface area contributed by atoms with E-state index >= 15 is 0 Å². The molecule has 8 nitrogen and oxygen atoms in total. The van der Waals surface area contributed by atoms with Crippen LogP contribution in [0.15, 0.2) is 59.5 Å². The Labute approximate surface area is 197 Å². The molecule has 0 bridgehead atoms. The molecule has 0 unspecified atom stereocenters. The van der Waals surface area contributed by atoms with E-state index in [4.69, 9.17) is 10.5 Å². The number of carbonyl (C=O) groups is 1. The number of nitrogens with two attached hydrogens (primary N) is 1. The van der Waals surface area contributed by atoms with E-state index in [-0.39, 0.29) is 23.5 Å². The number of esters is 1. The highest BCUT2D eigenvalue weighted by Gasteiger charge is 2.26. The number of allylic oxidation sites excluding steroid dienone is 1. The number of halogens is 1. The van der Waals surface area contributed by atoms with Crippen LogP contribution in [0.1, 0.15) is 29.6 Å². The second-order valence-corrected chi connectivity index (χ2v) is 10.1. The lowest BCUT2D eigenvalue weighted by molar-refractivity contribution is 0.0601. The van der Waals surface area contributed by atoms with E-state index in [0.29, 0.717) is 35.2 Å². The molecule has 1 aromatic heterocycles. The summed E-state index contributed by atoms with van der Waals surface area (Å²) in [4.78, 5) is 17.0. The fourth-order valence-corrected chi connectivity index (χ4v) is 5.74. The van der Waals surface area contributed by atoms with Gasteiger partial charge in [-0.2, -0.15) is 4.31 Å². The molecule has 1 fully saturated rings. The van der Waals surface area contributed by atoms with Crippen molar-refractivity contribution in [1.82, 2.24) is 13.9 Å². The van der Waals surface area contributed by atoms with E-state index < -0.39 is 21.8 Å². The van der Waals surface area contributed by atoms with Gasteiger partial charge in [-0.15, -0.1) is 0 Å². The molecule has 2 N–H and O–H groups in total. The number of ether oxygens (including phenoxy) is 1. The van der Waals surface area contributed by atoms with Gasteiger partial charge in [-0.25, -0.2) is 22.6 Å². The van der Waals surface area contributed by atoms with E-state index in [1.165, 1.54) is 23.8 Å². The Balaban J connectivity index is 1.84. The molecular weight excluding hydrogens is 459 g/mol. The number of fused-ring (bicyclic) bond motifs is 1. The molecule has 34 heavy (non-hydrogen) atoms. The highest BCUT2D eigenvalue weighted by molar-refractivity contribution is 7.89. The van der Waals surface area contributed by atoms with Crippen LogP contribution in [-0.2, 0) is 21.3 Å². The summed E-state index contributed by atoms with van der Waals surface area (Å²) in [5.74, 6) is -0.993. The summed E-state index contributed by atoms with van der Waals surface area (Å²) in [5, 5.41) is 0. The number of carbonyl (C=O) groups excluding carboxylic acids is 1. The predicted molar refractivity (Wildman–Crippen MR) is 127 cm³/mol. The van der Waals surface area contributed by atoms with Crippen molar-refractivity contribution >= 4 is 27.0 Å². The van der Waals surface area contributed by atoms with Crippen LogP contribution >= 0.6 is 0 Å². The zero-order chi connectivity index (χ0) is 24.3. The average molecular weight is 487 g/mol. The Morgan fingerprint density at radius 2 is 1.97 bits per heavy atom. The maximum atomic E-state index is 14.2. The van der Waals surface area contributed by atoms with E-state index in [1.54, 1.807) is 41.0 Å². The molecule has 10 heteroatoms. The maximum Gasteiger partial charge on any atom is 0.337 e. The fraction of sp³-hybridized carbons (Fsp3) is 0.333.